The molecule has 0 bridgehead atoms. The molecule has 0 amide bonds. The van der Waals surface area contributed by atoms with Crippen molar-refractivity contribution in [2.75, 3.05) is 12.3 Å². The molecule has 4 nitrogen and oxygen atoms in total. The third-order valence-corrected chi connectivity index (χ3v) is 5.60. The van der Waals surface area contributed by atoms with Gasteiger partial charge in [0.25, 0.3) is 0 Å². The molecular formula is C14H26N4S. The van der Waals surface area contributed by atoms with Crippen LogP contribution in [0.15, 0.2) is 6.33 Å². The molecule has 108 valence electrons. The fourth-order valence-electron chi connectivity index (χ4n) is 2.85. The number of aryl methyl sites for hydroxylation is 1. The van der Waals surface area contributed by atoms with E-state index in [1.807, 2.05) is 0 Å². The maximum Gasteiger partial charge on any atom is 0.138 e. The summed E-state index contributed by atoms with van der Waals surface area (Å²) in [7, 11) is 0. The van der Waals surface area contributed by atoms with E-state index in [9.17, 15) is 0 Å². The van der Waals surface area contributed by atoms with Gasteiger partial charge < -0.3 is 5.32 Å². The molecule has 0 saturated carbocycles. The first-order valence-electron chi connectivity index (χ1n) is 7.43. The molecule has 1 saturated heterocycles. The van der Waals surface area contributed by atoms with Crippen LogP contribution < -0.4 is 5.32 Å². The van der Waals surface area contributed by atoms with E-state index in [1.165, 1.54) is 18.6 Å². The van der Waals surface area contributed by atoms with Crippen LogP contribution in [0.4, 0.5) is 0 Å². The zero-order valence-electron chi connectivity index (χ0n) is 12.4. The Labute approximate surface area is 120 Å². The van der Waals surface area contributed by atoms with Crippen LogP contribution in [0.2, 0.25) is 0 Å². The van der Waals surface area contributed by atoms with E-state index in [0.29, 0.717) is 10.8 Å². The van der Waals surface area contributed by atoms with E-state index in [4.69, 9.17) is 0 Å². The summed E-state index contributed by atoms with van der Waals surface area (Å²) in [6.07, 6.45) is 6.42. The molecule has 0 spiro atoms. The van der Waals surface area contributed by atoms with Gasteiger partial charge >= 0.3 is 0 Å². The molecule has 1 N–H and O–H groups in total. The average Bonchev–Trinajstić information content (AvgIpc) is 3.00. The number of aromatic nitrogens is 3. The Morgan fingerprint density at radius 1 is 1.53 bits per heavy atom. The van der Waals surface area contributed by atoms with Crippen molar-refractivity contribution < 1.29 is 0 Å². The van der Waals surface area contributed by atoms with Gasteiger partial charge in [0.2, 0.25) is 0 Å². The van der Waals surface area contributed by atoms with Gasteiger partial charge in [-0.25, -0.2) is 4.98 Å². The Balaban J connectivity index is 2.09. The molecule has 1 fully saturated rings. The second-order valence-electron chi connectivity index (χ2n) is 5.48. The van der Waals surface area contributed by atoms with Crippen molar-refractivity contribution in [3.05, 3.63) is 12.2 Å². The topological polar surface area (TPSA) is 42.7 Å². The van der Waals surface area contributed by atoms with Crippen LogP contribution in [0.25, 0.3) is 0 Å². The minimum Gasteiger partial charge on any atom is -0.312 e. The number of nitrogens with zero attached hydrogens (tertiary/aromatic N) is 3. The van der Waals surface area contributed by atoms with E-state index < -0.39 is 0 Å². The van der Waals surface area contributed by atoms with Crippen LogP contribution in [0.3, 0.4) is 0 Å². The van der Waals surface area contributed by atoms with Gasteiger partial charge in [0.15, 0.2) is 0 Å². The third kappa shape index (κ3) is 3.51. The summed E-state index contributed by atoms with van der Waals surface area (Å²) in [5.41, 5.74) is 0. The molecule has 2 rings (SSSR count). The second kappa shape index (κ2) is 6.75. The minimum absolute atomic E-state index is 0.346. The van der Waals surface area contributed by atoms with Crippen molar-refractivity contribution in [3.8, 4) is 0 Å². The lowest BCUT2D eigenvalue weighted by atomic mass is 9.93. The molecule has 2 atom stereocenters. The monoisotopic (exact) mass is 282 g/mol. The molecule has 5 heteroatoms. The Morgan fingerprint density at radius 3 is 3.00 bits per heavy atom. The molecule has 1 aliphatic heterocycles. The lowest BCUT2D eigenvalue weighted by Crippen LogP contribution is -2.47. The van der Waals surface area contributed by atoms with Gasteiger partial charge in [-0.2, -0.15) is 16.9 Å². The number of hydrogen-bond donors (Lipinski definition) is 1. The van der Waals surface area contributed by atoms with Crippen LogP contribution >= 0.6 is 11.8 Å². The van der Waals surface area contributed by atoms with Gasteiger partial charge in [-0.1, -0.05) is 13.8 Å². The summed E-state index contributed by atoms with van der Waals surface area (Å²) in [6, 6.07) is 0.491. The molecule has 1 aromatic rings. The first-order valence-corrected chi connectivity index (χ1v) is 8.42. The molecule has 0 aromatic carbocycles. The van der Waals surface area contributed by atoms with Crippen LogP contribution in [-0.4, -0.2) is 37.9 Å². The molecular weight excluding hydrogens is 256 g/mol. The van der Waals surface area contributed by atoms with Crippen molar-refractivity contribution in [2.45, 2.75) is 63.8 Å². The predicted octanol–water partition coefficient (Wildman–Crippen LogP) is 2.49. The van der Waals surface area contributed by atoms with Gasteiger partial charge in [0.05, 0.1) is 0 Å². The smallest absolute Gasteiger partial charge is 0.138 e. The molecule has 1 aliphatic rings. The number of hydrogen-bond acceptors (Lipinski definition) is 4. The molecule has 2 heterocycles. The second-order valence-corrected chi connectivity index (χ2v) is 7.11. The zero-order chi connectivity index (χ0) is 13.7. The SMILES string of the molecule is CCCn1ncnc1CC(NCC)C1(C)CCCS1. The van der Waals surface area contributed by atoms with Gasteiger partial charge in [-0.15, -0.1) is 0 Å². The van der Waals surface area contributed by atoms with Crippen molar-refractivity contribution in [1.29, 1.82) is 0 Å². The minimum atomic E-state index is 0.346. The third-order valence-electron chi connectivity index (χ3n) is 3.95. The highest BCUT2D eigenvalue weighted by molar-refractivity contribution is 8.00. The maximum atomic E-state index is 4.46. The summed E-state index contributed by atoms with van der Waals surface area (Å²) in [4.78, 5) is 4.46. The van der Waals surface area contributed by atoms with Crippen molar-refractivity contribution in [3.63, 3.8) is 0 Å². The molecule has 19 heavy (non-hydrogen) atoms. The van der Waals surface area contributed by atoms with E-state index in [1.54, 1.807) is 6.33 Å². The molecule has 0 aliphatic carbocycles. The average molecular weight is 282 g/mol. The lowest BCUT2D eigenvalue weighted by molar-refractivity contribution is 0.391. The van der Waals surface area contributed by atoms with Crippen LogP contribution in [0, 0.1) is 0 Å². The van der Waals surface area contributed by atoms with Gasteiger partial charge in [-0.3, -0.25) is 4.68 Å². The van der Waals surface area contributed by atoms with Gasteiger partial charge in [0, 0.05) is 23.8 Å². The maximum absolute atomic E-state index is 4.46. The summed E-state index contributed by atoms with van der Waals surface area (Å²) < 4.78 is 2.41. The number of rotatable bonds is 7. The number of thioether (sulfide) groups is 1. The largest absolute Gasteiger partial charge is 0.312 e. The molecule has 0 radical (unpaired) electrons. The highest BCUT2D eigenvalue weighted by atomic mass is 32.2. The van der Waals surface area contributed by atoms with Crippen molar-refractivity contribution >= 4 is 11.8 Å². The fourth-order valence-corrected chi connectivity index (χ4v) is 4.26. The Morgan fingerprint density at radius 2 is 2.37 bits per heavy atom. The van der Waals surface area contributed by atoms with Crippen molar-refractivity contribution in [2.24, 2.45) is 0 Å². The van der Waals surface area contributed by atoms with Crippen LogP contribution in [0.5, 0.6) is 0 Å². The van der Waals surface area contributed by atoms with Gasteiger partial charge in [0.1, 0.15) is 12.2 Å². The van der Waals surface area contributed by atoms with Gasteiger partial charge in [-0.05, 0) is 38.5 Å². The highest BCUT2D eigenvalue weighted by Gasteiger charge is 2.38. The standard InChI is InChI=1S/C14H26N4S/c1-4-8-18-13(16-11-17-18)10-12(15-5-2)14(3)7-6-9-19-14/h11-12,15H,4-10H2,1-3H3. The molecule has 2 unspecified atom stereocenters. The first-order chi connectivity index (χ1) is 9.19. The quantitative estimate of drug-likeness (QED) is 0.834. The van der Waals surface area contributed by atoms with Crippen LogP contribution in [0.1, 0.15) is 45.9 Å². The Bertz CT molecular complexity index is 385. The molecule has 1 aromatic heterocycles. The summed E-state index contributed by atoms with van der Waals surface area (Å²) in [5, 5.41) is 8.01. The lowest BCUT2D eigenvalue weighted by Gasteiger charge is -2.33. The Hall–Kier alpha value is -0.550. The van der Waals surface area contributed by atoms with E-state index >= 15 is 0 Å². The normalized spacial score (nSPS) is 24.8. The fraction of sp³-hybridized carbons (Fsp3) is 0.857. The summed E-state index contributed by atoms with van der Waals surface area (Å²) in [6.45, 7) is 8.76. The summed E-state index contributed by atoms with van der Waals surface area (Å²) >= 11 is 2.11. The number of nitrogens with one attached hydrogen (secondary N) is 1. The van der Waals surface area contributed by atoms with Crippen LogP contribution in [-0.2, 0) is 13.0 Å². The number of likely N-dealkylation sites (N-methyl/N-ethyl adjacent to an activating group) is 1. The summed E-state index contributed by atoms with van der Waals surface area (Å²) in [5.74, 6) is 2.42. The van der Waals surface area contributed by atoms with E-state index in [0.717, 1.165) is 31.8 Å². The first kappa shape index (κ1) is 14.9. The van der Waals surface area contributed by atoms with E-state index in [2.05, 4.69) is 52.6 Å². The zero-order valence-corrected chi connectivity index (χ0v) is 13.2. The van der Waals surface area contributed by atoms with Crippen molar-refractivity contribution in [1.82, 2.24) is 20.1 Å². The highest BCUT2D eigenvalue weighted by Crippen LogP contribution is 2.41. The predicted molar refractivity (Wildman–Crippen MR) is 81.6 cm³/mol. The Kier molecular flexibility index (Phi) is 5.28. The van der Waals surface area contributed by atoms with E-state index in [-0.39, 0.29) is 0 Å².